The summed E-state index contributed by atoms with van der Waals surface area (Å²) in [5.74, 6) is 1.08. The first kappa shape index (κ1) is 13.3. The monoisotopic (exact) mass is 289 g/mol. The predicted molar refractivity (Wildman–Crippen MR) is 73.5 cm³/mol. The van der Waals surface area contributed by atoms with Crippen molar-refractivity contribution in [3.8, 4) is 11.5 Å². The normalized spacial score (nSPS) is 13.0. The van der Waals surface area contributed by atoms with Crippen LogP contribution in [0.25, 0.3) is 0 Å². The fourth-order valence-electron chi connectivity index (χ4n) is 1.95. The van der Waals surface area contributed by atoms with Crippen LogP contribution in [0.5, 0.6) is 11.5 Å². The summed E-state index contributed by atoms with van der Waals surface area (Å²) in [5, 5.41) is 14.3. The van der Waals surface area contributed by atoms with Crippen molar-refractivity contribution in [2.24, 2.45) is 0 Å². The molecule has 0 saturated carbocycles. The quantitative estimate of drug-likeness (QED) is 0.906. The molecule has 0 bridgehead atoms. The lowest BCUT2D eigenvalue weighted by molar-refractivity contribution is 0.102. The summed E-state index contributed by atoms with van der Waals surface area (Å²) in [5.41, 5.74) is 0.450. The second kappa shape index (κ2) is 5.78. The molecule has 1 amide bonds. The molecule has 2 aromatic rings. The van der Waals surface area contributed by atoms with Crippen molar-refractivity contribution < 1.29 is 14.3 Å². The number of tetrazole rings is 1. The third-order valence-corrected chi connectivity index (χ3v) is 2.91. The Morgan fingerprint density at radius 1 is 1.33 bits per heavy atom. The van der Waals surface area contributed by atoms with Gasteiger partial charge in [0.1, 0.15) is 13.2 Å². The second-order valence-corrected chi connectivity index (χ2v) is 4.52. The minimum Gasteiger partial charge on any atom is -0.486 e. The molecule has 2 heterocycles. The van der Waals surface area contributed by atoms with E-state index >= 15 is 0 Å². The molecule has 0 atom stereocenters. The van der Waals surface area contributed by atoms with E-state index in [0.29, 0.717) is 36.8 Å². The molecule has 8 heteroatoms. The highest BCUT2D eigenvalue weighted by Crippen LogP contribution is 2.30. The molecule has 0 fully saturated rings. The van der Waals surface area contributed by atoms with Crippen LogP contribution in [0, 0.1) is 0 Å². The number of carbonyl (C=O) groups is 1. The maximum absolute atomic E-state index is 12.1. The Balaban J connectivity index is 1.72. The first-order valence-corrected chi connectivity index (χ1v) is 6.75. The van der Waals surface area contributed by atoms with Crippen LogP contribution in [0.15, 0.2) is 18.2 Å². The van der Waals surface area contributed by atoms with Crippen molar-refractivity contribution >= 4 is 11.9 Å². The van der Waals surface area contributed by atoms with E-state index in [1.165, 1.54) is 4.80 Å². The molecule has 1 aliphatic heterocycles. The molecule has 0 aliphatic carbocycles. The van der Waals surface area contributed by atoms with Gasteiger partial charge in [0, 0.05) is 5.56 Å². The summed E-state index contributed by atoms with van der Waals surface area (Å²) in [6, 6.07) is 5.02. The van der Waals surface area contributed by atoms with Gasteiger partial charge in [-0.2, -0.15) is 4.80 Å². The maximum atomic E-state index is 12.1. The number of benzene rings is 1. The Bertz CT molecular complexity index is 655. The number of rotatable bonds is 4. The first-order valence-electron chi connectivity index (χ1n) is 6.75. The summed E-state index contributed by atoms with van der Waals surface area (Å²) >= 11 is 0. The molecule has 0 unspecified atom stereocenters. The minimum absolute atomic E-state index is 0.184. The summed E-state index contributed by atoms with van der Waals surface area (Å²) in [7, 11) is 0. The molecular weight excluding hydrogens is 274 g/mol. The van der Waals surface area contributed by atoms with Crippen molar-refractivity contribution in [3.05, 3.63) is 23.8 Å². The van der Waals surface area contributed by atoms with Gasteiger partial charge >= 0.3 is 0 Å². The Morgan fingerprint density at radius 2 is 2.14 bits per heavy atom. The summed E-state index contributed by atoms with van der Waals surface area (Å²) < 4.78 is 10.9. The molecular formula is C13H15N5O3. The van der Waals surface area contributed by atoms with E-state index in [9.17, 15) is 4.79 Å². The van der Waals surface area contributed by atoms with Crippen LogP contribution in [0.1, 0.15) is 23.7 Å². The maximum Gasteiger partial charge on any atom is 0.270 e. The molecule has 0 saturated heterocycles. The van der Waals surface area contributed by atoms with Gasteiger partial charge in [0.2, 0.25) is 0 Å². The molecule has 0 spiro atoms. The van der Waals surface area contributed by atoms with E-state index in [1.54, 1.807) is 18.2 Å². The van der Waals surface area contributed by atoms with Crippen molar-refractivity contribution in [3.63, 3.8) is 0 Å². The number of hydrogen-bond acceptors (Lipinski definition) is 6. The SMILES string of the molecule is CCCn1nnc(NC(=O)c2ccc3c(c2)OCCO3)n1. The average Bonchev–Trinajstić information content (AvgIpc) is 2.94. The van der Waals surface area contributed by atoms with E-state index in [0.717, 1.165) is 6.42 Å². The highest BCUT2D eigenvalue weighted by atomic mass is 16.6. The van der Waals surface area contributed by atoms with Gasteiger partial charge in [-0.15, -0.1) is 5.10 Å². The van der Waals surface area contributed by atoms with Crippen LogP contribution < -0.4 is 14.8 Å². The summed E-state index contributed by atoms with van der Waals surface area (Å²) in [6.07, 6.45) is 0.895. The lowest BCUT2D eigenvalue weighted by atomic mass is 10.2. The number of carbonyl (C=O) groups excluding carboxylic acids is 1. The van der Waals surface area contributed by atoms with Crippen molar-refractivity contribution in [1.82, 2.24) is 20.2 Å². The van der Waals surface area contributed by atoms with Gasteiger partial charge in [0.15, 0.2) is 11.5 Å². The van der Waals surface area contributed by atoms with Crippen LogP contribution in [-0.4, -0.2) is 39.3 Å². The fraction of sp³-hybridized carbons (Fsp3) is 0.385. The largest absolute Gasteiger partial charge is 0.486 e. The Kier molecular flexibility index (Phi) is 3.67. The van der Waals surface area contributed by atoms with Gasteiger partial charge in [0.05, 0.1) is 6.54 Å². The third kappa shape index (κ3) is 2.93. The lowest BCUT2D eigenvalue weighted by Gasteiger charge is -2.18. The smallest absolute Gasteiger partial charge is 0.270 e. The molecule has 8 nitrogen and oxygen atoms in total. The lowest BCUT2D eigenvalue weighted by Crippen LogP contribution is -2.17. The number of ether oxygens (including phenoxy) is 2. The third-order valence-electron chi connectivity index (χ3n) is 2.91. The molecule has 1 aromatic heterocycles. The highest BCUT2D eigenvalue weighted by molar-refractivity contribution is 6.03. The molecule has 0 radical (unpaired) electrons. The van der Waals surface area contributed by atoms with Crippen LogP contribution >= 0.6 is 0 Å². The second-order valence-electron chi connectivity index (χ2n) is 4.52. The van der Waals surface area contributed by atoms with Gasteiger partial charge in [-0.05, 0) is 29.8 Å². The number of nitrogens with one attached hydrogen (secondary N) is 1. The van der Waals surface area contributed by atoms with Gasteiger partial charge in [-0.3, -0.25) is 10.1 Å². The number of aryl methyl sites for hydroxylation is 1. The molecule has 1 aromatic carbocycles. The summed E-state index contributed by atoms with van der Waals surface area (Å²) in [6.45, 7) is 3.66. The number of nitrogens with zero attached hydrogens (tertiary/aromatic N) is 4. The zero-order valence-electron chi connectivity index (χ0n) is 11.6. The molecule has 1 N–H and O–H groups in total. The number of aromatic nitrogens is 4. The van der Waals surface area contributed by atoms with E-state index in [1.807, 2.05) is 6.92 Å². The van der Waals surface area contributed by atoms with E-state index < -0.39 is 0 Å². The zero-order valence-corrected chi connectivity index (χ0v) is 11.6. The highest BCUT2D eigenvalue weighted by Gasteiger charge is 2.16. The fourth-order valence-corrected chi connectivity index (χ4v) is 1.95. The Labute approximate surface area is 121 Å². The topological polar surface area (TPSA) is 91.2 Å². The number of fused-ring (bicyclic) bond motifs is 1. The van der Waals surface area contributed by atoms with Crippen molar-refractivity contribution in [2.45, 2.75) is 19.9 Å². The Morgan fingerprint density at radius 3 is 2.95 bits per heavy atom. The van der Waals surface area contributed by atoms with Crippen LogP contribution in [0.3, 0.4) is 0 Å². The minimum atomic E-state index is -0.317. The molecule has 3 rings (SSSR count). The average molecular weight is 289 g/mol. The van der Waals surface area contributed by atoms with E-state index in [2.05, 4.69) is 20.7 Å². The van der Waals surface area contributed by atoms with Crippen LogP contribution in [-0.2, 0) is 6.54 Å². The Hall–Kier alpha value is -2.64. The van der Waals surface area contributed by atoms with E-state index in [-0.39, 0.29) is 11.9 Å². The van der Waals surface area contributed by atoms with Crippen LogP contribution in [0.2, 0.25) is 0 Å². The van der Waals surface area contributed by atoms with Gasteiger partial charge in [-0.1, -0.05) is 12.0 Å². The first-order chi connectivity index (χ1) is 10.3. The van der Waals surface area contributed by atoms with Gasteiger partial charge in [0.25, 0.3) is 11.9 Å². The van der Waals surface area contributed by atoms with Crippen molar-refractivity contribution in [1.29, 1.82) is 0 Å². The number of anilines is 1. The van der Waals surface area contributed by atoms with Gasteiger partial charge < -0.3 is 9.47 Å². The molecule has 21 heavy (non-hydrogen) atoms. The van der Waals surface area contributed by atoms with Crippen molar-refractivity contribution in [2.75, 3.05) is 18.5 Å². The standard InChI is InChI=1S/C13H15N5O3/c1-2-5-18-16-13(15-17-18)14-12(19)9-3-4-10-11(8-9)21-7-6-20-10/h3-4,8H,2,5-7H2,1H3,(H,14,16,19). The summed E-state index contributed by atoms with van der Waals surface area (Å²) in [4.78, 5) is 13.6. The number of hydrogen-bond donors (Lipinski definition) is 1. The van der Waals surface area contributed by atoms with E-state index in [4.69, 9.17) is 9.47 Å². The molecule has 1 aliphatic rings. The van der Waals surface area contributed by atoms with Gasteiger partial charge in [-0.25, -0.2) is 0 Å². The molecule has 110 valence electrons. The van der Waals surface area contributed by atoms with Crippen LogP contribution in [0.4, 0.5) is 5.95 Å². The zero-order chi connectivity index (χ0) is 14.7. The number of amides is 1. The predicted octanol–water partition coefficient (Wildman–Crippen LogP) is 1.11.